The van der Waals surface area contributed by atoms with Gasteiger partial charge in [-0.2, -0.15) is 0 Å². The van der Waals surface area contributed by atoms with Crippen molar-refractivity contribution in [2.75, 3.05) is 6.54 Å². The molecule has 1 rings (SSSR count). The second-order valence-electron chi connectivity index (χ2n) is 2.89. The fourth-order valence-electron chi connectivity index (χ4n) is 1.13. The molecule has 6 N–H and O–H groups in total. The Balaban J connectivity index is 3.03. The minimum absolute atomic E-state index is 0.0649. The molecule has 1 atom stereocenters. The van der Waals surface area contributed by atoms with Crippen molar-refractivity contribution in [1.29, 1.82) is 0 Å². The lowest BCUT2D eigenvalue weighted by Crippen LogP contribution is -2.20. The van der Waals surface area contributed by atoms with E-state index in [0.29, 0.717) is 5.56 Å². The van der Waals surface area contributed by atoms with Crippen LogP contribution in [-0.2, 0) is 6.61 Å². The molecule has 0 saturated carbocycles. The van der Waals surface area contributed by atoms with E-state index in [9.17, 15) is 5.11 Å². The number of benzene rings is 1. The number of phenolic OH excluding ortho intramolecular Hbond substituents is 1. The van der Waals surface area contributed by atoms with E-state index in [4.69, 9.17) is 16.6 Å². The SMILES string of the molecule is NC[C@@H](N)c1cc(CO)ccc1O. The lowest BCUT2D eigenvalue weighted by Gasteiger charge is -2.12. The summed E-state index contributed by atoms with van der Waals surface area (Å²) in [6.07, 6.45) is 0. The van der Waals surface area contributed by atoms with Crippen LogP contribution < -0.4 is 11.5 Å². The third kappa shape index (κ3) is 2.18. The minimum Gasteiger partial charge on any atom is -0.508 e. The van der Waals surface area contributed by atoms with Crippen LogP contribution in [0.25, 0.3) is 0 Å². The third-order valence-electron chi connectivity index (χ3n) is 1.93. The molecule has 1 aromatic carbocycles. The molecule has 0 aliphatic rings. The second kappa shape index (κ2) is 4.23. The maximum atomic E-state index is 9.41. The molecule has 13 heavy (non-hydrogen) atoms. The number of phenols is 1. The molecule has 0 aliphatic heterocycles. The largest absolute Gasteiger partial charge is 0.508 e. The maximum Gasteiger partial charge on any atom is 0.120 e. The van der Waals surface area contributed by atoms with Gasteiger partial charge in [-0.15, -0.1) is 0 Å². The molecule has 0 aliphatic carbocycles. The minimum atomic E-state index is -0.383. The molecule has 1 aromatic rings. The Bertz CT molecular complexity index is 289. The van der Waals surface area contributed by atoms with Crippen LogP contribution in [-0.4, -0.2) is 16.8 Å². The van der Waals surface area contributed by atoms with Gasteiger partial charge in [0.15, 0.2) is 0 Å². The smallest absolute Gasteiger partial charge is 0.120 e. The van der Waals surface area contributed by atoms with Crippen molar-refractivity contribution in [1.82, 2.24) is 0 Å². The highest BCUT2D eigenvalue weighted by atomic mass is 16.3. The Labute approximate surface area is 76.8 Å². The van der Waals surface area contributed by atoms with Gasteiger partial charge >= 0.3 is 0 Å². The molecule has 4 nitrogen and oxygen atoms in total. The predicted octanol–water partition coefficient (Wildman–Crippen LogP) is -0.157. The molecule has 0 unspecified atom stereocenters. The fourth-order valence-corrected chi connectivity index (χ4v) is 1.13. The quantitative estimate of drug-likeness (QED) is 0.522. The van der Waals surface area contributed by atoms with Gasteiger partial charge in [0, 0.05) is 18.2 Å². The standard InChI is InChI=1S/C9H14N2O2/c10-4-8(11)7-3-6(5-12)1-2-9(7)13/h1-3,8,12-13H,4-5,10-11H2/t8-/m1/s1. The van der Waals surface area contributed by atoms with Crippen molar-refractivity contribution in [2.45, 2.75) is 12.6 Å². The van der Waals surface area contributed by atoms with Crippen LogP contribution in [0.3, 0.4) is 0 Å². The van der Waals surface area contributed by atoms with Gasteiger partial charge < -0.3 is 21.7 Å². The first kappa shape index (κ1) is 9.98. The summed E-state index contributed by atoms with van der Waals surface area (Å²) >= 11 is 0. The van der Waals surface area contributed by atoms with Crippen LogP contribution in [0.1, 0.15) is 17.2 Å². The molecule has 0 amide bonds. The molecule has 0 aromatic heterocycles. The summed E-state index contributed by atoms with van der Waals surface area (Å²) in [5.41, 5.74) is 12.3. The molecule has 72 valence electrons. The van der Waals surface area contributed by atoms with E-state index >= 15 is 0 Å². The van der Waals surface area contributed by atoms with Crippen molar-refractivity contribution >= 4 is 0 Å². The molecule has 0 spiro atoms. The summed E-state index contributed by atoms with van der Waals surface area (Å²) in [5.74, 6) is 0.121. The van der Waals surface area contributed by atoms with E-state index in [1.54, 1.807) is 12.1 Å². The average molecular weight is 182 g/mol. The molecular formula is C9H14N2O2. The number of hydrogen-bond donors (Lipinski definition) is 4. The molecule has 0 fully saturated rings. The number of hydrogen-bond acceptors (Lipinski definition) is 4. The monoisotopic (exact) mass is 182 g/mol. The van der Waals surface area contributed by atoms with Crippen LogP contribution in [0.2, 0.25) is 0 Å². The van der Waals surface area contributed by atoms with Crippen molar-refractivity contribution < 1.29 is 10.2 Å². The number of aliphatic hydroxyl groups excluding tert-OH is 1. The van der Waals surface area contributed by atoms with Gasteiger partial charge in [0.2, 0.25) is 0 Å². The topological polar surface area (TPSA) is 92.5 Å². The van der Waals surface area contributed by atoms with Gasteiger partial charge in [-0.1, -0.05) is 6.07 Å². The average Bonchev–Trinajstić information content (AvgIpc) is 2.17. The zero-order valence-corrected chi connectivity index (χ0v) is 7.27. The van der Waals surface area contributed by atoms with Crippen LogP contribution in [0.4, 0.5) is 0 Å². The van der Waals surface area contributed by atoms with Crippen molar-refractivity contribution in [3.63, 3.8) is 0 Å². The van der Waals surface area contributed by atoms with Gasteiger partial charge in [0.1, 0.15) is 5.75 Å². The van der Waals surface area contributed by atoms with Gasteiger partial charge in [0.05, 0.1) is 6.61 Å². The Morgan fingerprint density at radius 3 is 2.62 bits per heavy atom. The zero-order valence-electron chi connectivity index (χ0n) is 7.27. The summed E-state index contributed by atoms with van der Waals surface area (Å²) in [4.78, 5) is 0. The van der Waals surface area contributed by atoms with E-state index in [-0.39, 0.29) is 24.9 Å². The molecule has 0 saturated heterocycles. The van der Waals surface area contributed by atoms with E-state index in [0.717, 1.165) is 5.56 Å². The number of nitrogens with two attached hydrogens (primary N) is 2. The second-order valence-corrected chi connectivity index (χ2v) is 2.89. The fraction of sp³-hybridized carbons (Fsp3) is 0.333. The maximum absolute atomic E-state index is 9.41. The Morgan fingerprint density at radius 2 is 2.08 bits per heavy atom. The first-order valence-electron chi connectivity index (χ1n) is 4.07. The predicted molar refractivity (Wildman–Crippen MR) is 50.0 cm³/mol. The van der Waals surface area contributed by atoms with E-state index < -0.39 is 0 Å². The molecule has 4 heteroatoms. The molecular weight excluding hydrogens is 168 g/mol. The highest BCUT2D eigenvalue weighted by Gasteiger charge is 2.09. The first-order valence-corrected chi connectivity index (χ1v) is 4.07. The van der Waals surface area contributed by atoms with Crippen LogP contribution in [0.15, 0.2) is 18.2 Å². The molecule has 0 heterocycles. The van der Waals surface area contributed by atoms with Crippen LogP contribution in [0, 0.1) is 0 Å². The normalized spacial score (nSPS) is 12.8. The van der Waals surface area contributed by atoms with Gasteiger partial charge in [-0.3, -0.25) is 0 Å². The van der Waals surface area contributed by atoms with E-state index in [1.807, 2.05) is 0 Å². The Morgan fingerprint density at radius 1 is 1.38 bits per heavy atom. The Kier molecular flexibility index (Phi) is 3.25. The van der Waals surface area contributed by atoms with E-state index in [2.05, 4.69) is 0 Å². The lowest BCUT2D eigenvalue weighted by molar-refractivity contribution is 0.281. The first-order chi connectivity index (χ1) is 6.19. The van der Waals surface area contributed by atoms with Gasteiger partial charge in [0.25, 0.3) is 0 Å². The van der Waals surface area contributed by atoms with Crippen LogP contribution >= 0.6 is 0 Å². The molecule has 0 radical (unpaired) electrons. The summed E-state index contributed by atoms with van der Waals surface area (Å²) in [5, 5.41) is 18.3. The van der Waals surface area contributed by atoms with Gasteiger partial charge in [-0.25, -0.2) is 0 Å². The summed E-state index contributed by atoms with van der Waals surface area (Å²) in [7, 11) is 0. The molecule has 0 bridgehead atoms. The highest BCUT2D eigenvalue weighted by Crippen LogP contribution is 2.23. The van der Waals surface area contributed by atoms with Crippen molar-refractivity contribution in [3.8, 4) is 5.75 Å². The van der Waals surface area contributed by atoms with Gasteiger partial charge in [-0.05, 0) is 17.7 Å². The number of rotatable bonds is 3. The number of aliphatic hydroxyl groups is 1. The summed E-state index contributed by atoms with van der Waals surface area (Å²) in [6.45, 7) is 0.201. The third-order valence-corrected chi connectivity index (χ3v) is 1.93. The summed E-state index contributed by atoms with van der Waals surface area (Å²) < 4.78 is 0. The van der Waals surface area contributed by atoms with Crippen molar-refractivity contribution in [3.05, 3.63) is 29.3 Å². The zero-order chi connectivity index (χ0) is 9.84. The van der Waals surface area contributed by atoms with Crippen molar-refractivity contribution in [2.24, 2.45) is 11.5 Å². The summed E-state index contributed by atoms with van der Waals surface area (Å²) in [6, 6.07) is 4.43. The highest BCUT2D eigenvalue weighted by molar-refractivity contribution is 5.38. The number of aromatic hydroxyl groups is 1. The van der Waals surface area contributed by atoms with E-state index in [1.165, 1.54) is 6.07 Å². The van der Waals surface area contributed by atoms with Crippen LogP contribution in [0.5, 0.6) is 5.75 Å². The Hall–Kier alpha value is -1.10. The lowest BCUT2D eigenvalue weighted by atomic mass is 10.0.